The van der Waals surface area contributed by atoms with Gasteiger partial charge in [-0.05, 0) is 39.3 Å². The van der Waals surface area contributed by atoms with Gasteiger partial charge in [-0.2, -0.15) is 0 Å². The second-order valence-corrected chi connectivity index (χ2v) is 6.71. The standard InChI is InChI=1S/C17H19N3S/c1-10-11(2)19-15-8-6-5-7-14(15)17(10)18-9-16-12(3)21-13(4)20-16/h5-8H,9H2,1-4H3,(H,18,19). The number of nitrogens with zero attached hydrogens (tertiary/aromatic N) is 2. The van der Waals surface area contributed by atoms with Gasteiger partial charge in [0.15, 0.2) is 0 Å². The number of pyridine rings is 1. The number of aromatic nitrogens is 2. The molecular weight excluding hydrogens is 278 g/mol. The molecule has 0 aliphatic carbocycles. The van der Waals surface area contributed by atoms with Crippen LogP contribution in [0, 0.1) is 27.7 Å². The molecule has 108 valence electrons. The minimum atomic E-state index is 0.754. The van der Waals surface area contributed by atoms with E-state index in [1.807, 2.05) is 6.07 Å². The van der Waals surface area contributed by atoms with Crippen LogP contribution in [-0.4, -0.2) is 9.97 Å². The van der Waals surface area contributed by atoms with Gasteiger partial charge in [-0.25, -0.2) is 4.98 Å². The molecule has 0 aliphatic heterocycles. The Morgan fingerprint density at radius 2 is 1.81 bits per heavy atom. The predicted molar refractivity (Wildman–Crippen MR) is 90.1 cm³/mol. The fraction of sp³-hybridized carbons (Fsp3) is 0.294. The molecule has 1 aromatic carbocycles. The second-order valence-electron chi connectivity index (χ2n) is 5.30. The number of hydrogen-bond acceptors (Lipinski definition) is 4. The molecule has 2 heterocycles. The summed E-state index contributed by atoms with van der Waals surface area (Å²) in [7, 11) is 0. The molecule has 3 aromatic rings. The van der Waals surface area contributed by atoms with E-state index in [-0.39, 0.29) is 0 Å². The van der Waals surface area contributed by atoms with Gasteiger partial charge in [-0.3, -0.25) is 4.98 Å². The highest BCUT2D eigenvalue weighted by Gasteiger charge is 2.10. The zero-order valence-electron chi connectivity index (χ0n) is 12.8. The third-order valence-corrected chi connectivity index (χ3v) is 4.74. The first-order valence-electron chi connectivity index (χ1n) is 7.09. The van der Waals surface area contributed by atoms with E-state index < -0.39 is 0 Å². The molecule has 0 unspecified atom stereocenters. The lowest BCUT2D eigenvalue weighted by molar-refractivity contribution is 1.03. The maximum absolute atomic E-state index is 4.66. The lowest BCUT2D eigenvalue weighted by Crippen LogP contribution is -2.05. The first-order valence-corrected chi connectivity index (χ1v) is 7.90. The number of benzene rings is 1. The van der Waals surface area contributed by atoms with Crippen LogP contribution in [0.4, 0.5) is 5.69 Å². The first kappa shape index (κ1) is 14.0. The smallest absolute Gasteiger partial charge is 0.0900 e. The second kappa shape index (κ2) is 5.45. The van der Waals surface area contributed by atoms with E-state index in [1.165, 1.54) is 21.5 Å². The molecule has 2 aromatic heterocycles. The van der Waals surface area contributed by atoms with E-state index in [9.17, 15) is 0 Å². The maximum atomic E-state index is 4.66. The van der Waals surface area contributed by atoms with Crippen molar-refractivity contribution >= 4 is 27.9 Å². The molecule has 0 amide bonds. The number of aryl methyl sites for hydroxylation is 3. The average molecular weight is 297 g/mol. The zero-order valence-corrected chi connectivity index (χ0v) is 13.6. The Balaban J connectivity index is 2.00. The van der Waals surface area contributed by atoms with Crippen LogP contribution in [-0.2, 0) is 6.54 Å². The van der Waals surface area contributed by atoms with Gasteiger partial charge in [-0.1, -0.05) is 18.2 Å². The van der Waals surface area contributed by atoms with E-state index in [2.05, 4.69) is 61.2 Å². The summed E-state index contributed by atoms with van der Waals surface area (Å²) in [6.07, 6.45) is 0. The van der Waals surface area contributed by atoms with Gasteiger partial charge in [0.1, 0.15) is 0 Å². The number of anilines is 1. The number of para-hydroxylation sites is 1. The van der Waals surface area contributed by atoms with Crippen LogP contribution in [0.25, 0.3) is 10.9 Å². The first-order chi connectivity index (χ1) is 10.1. The molecule has 0 bridgehead atoms. The van der Waals surface area contributed by atoms with Gasteiger partial charge >= 0.3 is 0 Å². The molecule has 0 aliphatic rings. The summed E-state index contributed by atoms with van der Waals surface area (Å²) >= 11 is 1.75. The third kappa shape index (κ3) is 2.63. The summed E-state index contributed by atoms with van der Waals surface area (Å²) in [5, 5.41) is 5.86. The van der Waals surface area contributed by atoms with Gasteiger partial charge in [-0.15, -0.1) is 11.3 Å². The summed E-state index contributed by atoms with van der Waals surface area (Å²) in [6.45, 7) is 9.12. The Kier molecular flexibility index (Phi) is 3.64. The van der Waals surface area contributed by atoms with Crippen molar-refractivity contribution in [2.75, 3.05) is 5.32 Å². The van der Waals surface area contributed by atoms with Gasteiger partial charge in [0.2, 0.25) is 0 Å². The molecule has 21 heavy (non-hydrogen) atoms. The molecule has 1 N–H and O–H groups in total. The molecule has 0 atom stereocenters. The van der Waals surface area contributed by atoms with Crippen molar-refractivity contribution in [3.05, 3.63) is 51.1 Å². The minimum Gasteiger partial charge on any atom is -0.379 e. The van der Waals surface area contributed by atoms with Crippen LogP contribution >= 0.6 is 11.3 Å². The summed E-state index contributed by atoms with van der Waals surface area (Å²) in [5.74, 6) is 0. The van der Waals surface area contributed by atoms with Crippen molar-refractivity contribution < 1.29 is 0 Å². The van der Waals surface area contributed by atoms with Crippen LogP contribution < -0.4 is 5.32 Å². The van der Waals surface area contributed by atoms with Gasteiger partial charge in [0, 0.05) is 21.6 Å². The molecule has 0 spiro atoms. The number of thiazole rings is 1. The van der Waals surface area contributed by atoms with E-state index in [1.54, 1.807) is 11.3 Å². The van der Waals surface area contributed by atoms with E-state index in [0.29, 0.717) is 0 Å². The number of nitrogens with one attached hydrogen (secondary N) is 1. The van der Waals surface area contributed by atoms with Crippen LogP contribution in [0.15, 0.2) is 24.3 Å². The summed E-state index contributed by atoms with van der Waals surface area (Å²) in [4.78, 5) is 10.5. The number of fused-ring (bicyclic) bond motifs is 1. The average Bonchev–Trinajstić information content (AvgIpc) is 2.77. The molecule has 3 nitrogen and oxygen atoms in total. The van der Waals surface area contributed by atoms with E-state index in [0.717, 1.165) is 28.5 Å². The van der Waals surface area contributed by atoms with Gasteiger partial charge in [0.05, 0.1) is 22.8 Å². The highest BCUT2D eigenvalue weighted by atomic mass is 32.1. The molecular formula is C17H19N3S. The molecule has 0 saturated heterocycles. The van der Waals surface area contributed by atoms with Gasteiger partial charge in [0.25, 0.3) is 0 Å². The van der Waals surface area contributed by atoms with Crippen LogP contribution in [0.3, 0.4) is 0 Å². The maximum Gasteiger partial charge on any atom is 0.0900 e. The Hall–Kier alpha value is -1.94. The molecule has 3 rings (SSSR count). The SMILES string of the molecule is Cc1nc(CNc2c(C)c(C)nc3ccccc23)c(C)s1. The van der Waals surface area contributed by atoms with Gasteiger partial charge < -0.3 is 5.32 Å². The lowest BCUT2D eigenvalue weighted by Gasteiger charge is -2.14. The van der Waals surface area contributed by atoms with Crippen molar-refractivity contribution in [1.29, 1.82) is 0 Å². The summed E-state index contributed by atoms with van der Waals surface area (Å²) < 4.78 is 0. The largest absolute Gasteiger partial charge is 0.379 e. The van der Waals surface area contributed by atoms with E-state index in [4.69, 9.17) is 0 Å². The fourth-order valence-electron chi connectivity index (χ4n) is 2.57. The van der Waals surface area contributed by atoms with Crippen molar-refractivity contribution in [1.82, 2.24) is 9.97 Å². The molecule has 0 fully saturated rings. The Bertz CT molecular complexity index is 805. The predicted octanol–water partition coefficient (Wildman–Crippen LogP) is 4.54. The molecule has 4 heteroatoms. The van der Waals surface area contributed by atoms with E-state index >= 15 is 0 Å². The molecule has 0 radical (unpaired) electrons. The summed E-state index contributed by atoms with van der Waals surface area (Å²) in [5.41, 5.74) is 5.62. The normalized spacial score (nSPS) is 11.0. The monoisotopic (exact) mass is 297 g/mol. The summed E-state index contributed by atoms with van der Waals surface area (Å²) in [6, 6.07) is 8.27. The third-order valence-electron chi connectivity index (χ3n) is 3.81. The van der Waals surface area contributed by atoms with Crippen LogP contribution in [0.5, 0.6) is 0 Å². The number of rotatable bonds is 3. The zero-order chi connectivity index (χ0) is 15.0. The van der Waals surface area contributed by atoms with Crippen LogP contribution in [0.1, 0.15) is 26.8 Å². The van der Waals surface area contributed by atoms with Crippen molar-refractivity contribution in [2.24, 2.45) is 0 Å². The van der Waals surface area contributed by atoms with Crippen molar-refractivity contribution in [2.45, 2.75) is 34.2 Å². The molecule has 0 saturated carbocycles. The Morgan fingerprint density at radius 3 is 2.52 bits per heavy atom. The highest BCUT2D eigenvalue weighted by Crippen LogP contribution is 2.28. The highest BCUT2D eigenvalue weighted by molar-refractivity contribution is 7.11. The van der Waals surface area contributed by atoms with Crippen LogP contribution in [0.2, 0.25) is 0 Å². The lowest BCUT2D eigenvalue weighted by atomic mass is 10.1. The van der Waals surface area contributed by atoms with Crippen molar-refractivity contribution in [3.63, 3.8) is 0 Å². The number of hydrogen-bond donors (Lipinski definition) is 1. The fourth-order valence-corrected chi connectivity index (χ4v) is 3.40. The topological polar surface area (TPSA) is 37.8 Å². The Labute approximate surface area is 129 Å². The quantitative estimate of drug-likeness (QED) is 0.771. The Morgan fingerprint density at radius 1 is 1.05 bits per heavy atom. The minimum absolute atomic E-state index is 0.754. The van der Waals surface area contributed by atoms with Crippen molar-refractivity contribution in [3.8, 4) is 0 Å².